The monoisotopic (exact) mass is 196 g/mol. The fraction of sp³-hybridized carbons (Fsp3) is 0.778. The van der Waals surface area contributed by atoms with Crippen molar-refractivity contribution in [2.24, 2.45) is 0 Å². The zero-order valence-corrected chi connectivity index (χ0v) is 8.66. The Morgan fingerprint density at radius 3 is 3.21 bits per heavy atom. The molecule has 1 atom stereocenters. The average Bonchev–Trinajstić information content (AvgIpc) is 2.60. The molecule has 2 rings (SSSR count). The van der Waals surface area contributed by atoms with Gasteiger partial charge in [-0.15, -0.1) is 10.2 Å². The SMILES string of the molecule is CCOCc1nnc2n1CCNC2C. The summed E-state index contributed by atoms with van der Waals surface area (Å²) in [5, 5.41) is 11.6. The Bertz CT molecular complexity index is 310. The molecule has 0 radical (unpaired) electrons. The van der Waals surface area contributed by atoms with Crippen molar-refractivity contribution in [1.29, 1.82) is 0 Å². The molecule has 2 heterocycles. The van der Waals surface area contributed by atoms with Gasteiger partial charge in [-0.05, 0) is 13.8 Å². The Balaban J connectivity index is 2.18. The molecule has 1 N–H and O–H groups in total. The summed E-state index contributed by atoms with van der Waals surface area (Å²) in [7, 11) is 0. The minimum atomic E-state index is 0.298. The van der Waals surface area contributed by atoms with E-state index < -0.39 is 0 Å². The van der Waals surface area contributed by atoms with E-state index in [4.69, 9.17) is 4.74 Å². The van der Waals surface area contributed by atoms with Crippen molar-refractivity contribution in [2.45, 2.75) is 33.0 Å². The van der Waals surface area contributed by atoms with Crippen LogP contribution in [-0.4, -0.2) is 27.9 Å². The van der Waals surface area contributed by atoms with Crippen LogP contribution in [0.3, 0.4) is 0 Å². The maximum atomic E-state index is 5.34. The van der Waals surface area contributed by atoms with Crippen LogP contribution in [0, 0.1) is 0 Å². The van der Waals surface area contributed by atoms with E-state index in [1.807, 2.05) is 6.92 Å². The van der Waals surface area contributed by atoms with Crippen LogP contribution in [-0.2, 0) is 17.9 Å². The van der Waals surface area contributed by atoms with Gasteiger partial charge in [0.2, 0.25) is 0 Å². The Morgan fingerprint density at radius 1 is 1.57 bits per heavy atom. The highest BCUT2D eigenvalue weighted by Crippen LogP contribution is 2.15. The summed E-state index contributed by atoms with van der Waals surface area (Å²) in [5.74, 6) is 1.96. The first-order valence-corrected chi connectivity index (χ1v) is 5.06. The van der Waals surface area contributed by atoms with E-state index in [-0.39, 0.29) is 0 Å². The van der Waals surface area contributed by atoms with E-state index in [1.165, 1.54) is 0 Å². The molecule has 0 aliphatic carbocycles. The van der Waals surface area contributed by atoms with Gasteiger partial charge in [0.05, 0.1) is 6.04 Å². The molecule has 5 heteroatoms. The van der Waals surface area contributed by atoms with Crippen LogP contribution in [0.4, 0.5) is 0 Å². The molecule has 0 amide bonds. The maximum absolute atomic E-state index is 5.34. The van der Waals surface area contributed by atoms with Crippen LogP contribution in [0.25, 0.3) is 0 Å². The van der Waals surface area contributed by atoms with Gasteiger partial charge >= 0.3 is 0 Å². The highest BCUT2D eigenvalue weighted by Gasteiger charge is 2.20. The molecule has 0 bridgehead atoms. The first kappa shape index (κ1) is 9.61. The van der Waals surface area contributed by atoms with Crippen molar-refractivity contribution in [1.82, 2.24) is 20.1 Å². The zero-order chi connectivity index (χ0) is 9.97. The lowest BCUT2D eigenvalue weighted by molar-refractivity contribution is 0.124. The first-order chi connectivity index (χ1) is 6.83. The van der Waals surface area contributed by atoms with E-state index in [2.05, 4.69) is 27.0 Å². The lowest BCUT2D eigenvalue weighted by atomic mass is 10.2. The molecule has 0 fully saturated rings. The van der Waals surface area contributed by atoms with Gasteiger partial charge in [0, 0.05) is 19.7 Å². The van der Waals surface area contributed by atoms with Crippen molar-refractivity contribution < 1.29 is 4.74 Å². The van der Waals surface area contributed by atoms with Gasteiger partial charge in [-0.1, -0.05) is 0 Å². The zero-order valence-electron chi connectivity index (χ0n) is 8.66. The number of hydrogen-bond donors (Lipinski definition) is 1. The van der Waals surface area contributed by atoms with Gasteiger partial charge in [0.25, 0.3) is 0 Å². The quantitative estimate of drug-likeness (QED) is 0.764. The molecule has 0 saturated heterocycles. The number of aromatic nitrogens is 3. The number of nitrogens with one attached hydrogen (secondary N) is 1. The fourth-order valence-corrected chi connectivity index (χ4v) is 1.70. The summed E-state index contributed by atoms with van der Waals surface area (Å²) >= 11 is 0. The normalized spacial score (nSPS) is 20.9. The Hall–Kier alpha value is -0.940. The summed E-state index contributed by atoms with van der Waals surface area (Å²) in [6.07, 6.45) is 0. The van der Waals surface area contributed by atoms with Gasteiger partial charge in [-0.3, -0.25) is 0 Å². The van der Waals surface area contributed by atoms with Crippen LogP contribution in [0.2, 0.25) is 0 Å². The highest BCUT2D eigenvalue weighted by molar-refractivity contribution is 5.02. The molecule has 1 aliphatic heterocycles. The molecule has 5 nitrogen and oxygen atoms in total. The molecule has 0 aromatic carbocycles. The highest BCUT2D eigenvalue weighted by atomic mass is 16.5. The van der Waals surface area contributed by atoms with E-state index in [0.29, 0.717) is 12.6 Å². The van der Waals surface area contributed by atoms with E-state index >= 15 is 0 Å². The molecular formula is C9H16N4O. The Labute approximate surface area is 83.5 Å². The molecule has 0 saturated carbocycles. The minimum Gasteiger partial charge on any atom is -0.374 e. The summed E-state index contributed by atoms with van der Waals surface area (Å²) in [5.41, 5.74) is 0. The summed E-state index contributed by atoms with van der Waals surface area (Å²) in [4.78, 5) is 0. The Morgan fingerprint density at radius 2 is 2.43 bits per heavy atom. The molecule has 14 heavy (non-hydrogen) atoms. The molecule has 1 aromatic heterocycles. The first-order valence-electron chi connectivity index (χ1n) is 5.06. The van der Waals surface area contributed by atoms with Crippen LogP contribution in [0.5, 0.6) is 0 Å². The van der Waals surface area contributed by atoms with Crippen molar-refractivity contribution in [3.63, 3.8) is 0 Å². The fourth-order valence-electron chi connectivity index (χ4n) is 1.70. The second-order valence-corrected chi connectivity index (χ2v) is 3.44. The van der Waals surface area contributed by atoms with Gasteiger partial charge in [0.15, 0.2) is 5.82 Å². The van der Waals surface area contributed by atoms with Crippen molar-refractivity contribution in [3.05, 3.63) is 11.6 Å². The molecule has 1 unspecified atom stereocenters. The van der Waals surface area contributed by atoms with Gasteiger partial charge in [0.1, 0.15) is 12.4 Å². The standard InChI is InChI=1S/C9H16N4O/c1-3-14-6-8-11-12-9-7(2)10-4-5-13(8)9/h7,10H,3-6H2,1-2H3. The van der Waals surface area contributed by atoms with Crippen molar-refractivity contribution in [3.8, 4) is 0 Å². The number of hydrogen-bond acceptors (Lipinski definition) is 4. The number of ether oxygens (including phenoxy) is 1. The predicted molar refractivity (Wildman–Crippen MR) is 51.8 cm³/mol. The second-order valence-electron chi connectivity index (χ2n) is 3.44. The second kappa shape index (κ2) is 4.06. The van der Waals surface area contributed by atoms with Crippen molar-refractivity contribution >= 4 is 0 Å². The number of nitrogens with zero attached hydrogens (tertiary/aromatic N) is 3. The third kappa shape index (κ3) is 1.65. The maximum Gasteiger partial charge on any atom is 0.159 e. The average molecular weight is 196 g/mol. The van der Waals surface area contributed by atoms with Crippen LogP contribution < -0.4 is 5.32 Å². The van der Waals surface area contributed by atoms with Gasteiger partial charge in [-0.2, -0.15) is 0 Å². The third-order valence-electron chi connectivity index (χ3n) is 2.46. The van der Waals surface area contributed by atoms with Crippen LogP contribution in [0.15, 0.2) is 0 Å². The van der Waals surface area contributed by atoms with Crippen LogP contribution >= 0.6 is 0 Å². The third-order valence-corrected chi connectivity index (χ3v) is 2.46. The van der Waals surface area contributed by atoms with Gasteiger partial charge < -0.3 is 14.6 Å². The molecule has 1 aliphatic rings. The summed E-state index contributed by atoms with van der Waals surface area (Å²) in [6.45, 7) is 7.29. The summed E-state index contributed by atoms with van der Waals surface area (Å²) in [6, 6.07) is 0.298. The predicted octanol–water partition coefficient (Wildman–Crippen LogP) is 0.479. The number of fused-ring (bicyclic) bond motifs is 1. The lowest BCUT2D eigenvalue weighted by Gasteiger charge is -2.21. The van der Waals surface area contributed by atoms with E-state index in [9.17, 15) is 0 Å². The molecule has 78 valence electrons. The van der Waals surface area contributed by atoms with Crippen molar-refractivity contribution in [2.75, 3.05) is 13.2 Å². The molecule has 0 spiro atoms. The molecule has 1 aromatic rings. The summed E-state index contributed by atoms with van der Waals surface area (Å²) < 4.78 is 7.49. The van der Waals surface area contributed by atoms with E-state index in [0.717, 1.165) is 31.3 Å². The lowest BCUT2D eigenvalue weighted by Crippen LogP contribution is -2.32. The van der Waals surface area contributed by atoms with E-state index in [1.54, 1.807) is 0 Å². The number of rotatable bonds is 3. The van der Waals surface area contributed by atoms with Gasteiger partial charge in [-0.25, -0.2) is 0 Å². The topological polar surface area (TPSA) is 52.0 Å². The minimum absolute atomic E-state index is 0.298. The smallest absolute Gasteiger partial charge is 0.159 e. The Kier molecular flexibility index (Phi) is 2.79. The molecular weight excluding hydrogens is 180 g/mol. The largest absolute Gasteiger partial charge is 0.374 e. The van der Waals surface area contributed by atoms with Crippen LogP contribution in [0.1, 0.15) is 31.5 Å².